The average molecular weight is 152 g/mol. The van der Waals surface area contributed by atoms with Crippen molar-refractivity contribution in [3.05, 3.63) is 36.0 Å². The molecule has 0 radical (unpaired) electrons. The number of hydrogen-bond donors (Lipinski definition) is 1. The summed E-state index contributed by atoms with van der Waals surface area (Å²) in [6.45, 7) is 4.25. The minimum absolute atomic E-state index is 0.230. The molecule has 0 bridgehead atoms. The summed E-state index contributed by atoms with van der Waals surface area (Å²) in [5.41, 5.74) is 1.21. The van der Waals surface area contributed by atoms with Gasteiger partial charge in [0.25, 0.3) is 0 Å². The Morgan fingerprint density at radius 3 is 2.73 bits per heavy atom. The van der Waals surface area contributed by atoms with Crippen molar-refractivity contribution in [2.75, 3.05) is 6.61 Å². The Labute approximate surface area is 68.7 Å². The van der Waals surface area contributed by atoms with E-state index in [9.17, 15) is 0 Å². The number of aliphatic hydroxyl groups excluding tert-OH is 1. The molecular weight excluding hydrogens is 136 g/mol. The average Bonchev–Trinajstić information content (AvgIpc) is 2.01. The van der Waals surface area contributed by atoms with Crippen LogP contribution in [0.3, 0.4) is 0 Å². The molecule has 62 valence electrons. The van der Waals surface area contributed by atoms with Crippen LogP contribution in [0.25, 0.3) is 0 Å². The molecule has 0 aromatic heterocycles. The zero-order valence-corrected chi connectivity index (χ0v) is 7.25. The molecule has 0 saturated heterocycles. The third-order valence-electron chi connectivity index (χ3n) is 1.23. The molecule has 0 aliphatic rings. The molecule has 11 heavy (non-hydrogen) atoms. The number of allylic oxidation sites excluding steroid dienone is 5. The molecule has 0 fully saturated rings. The lowest BCUT2D eigenvalue weighted by atomic mass is 10.2. The molecule has 0 aromatic rings. The van der Waals surface area contributed by atoms with E-state index >= 15 is 0 Å². The minimum Gasteiger partial charge on any atom is -0.396 e. The van der Waals surface area contributed by atoms with Gasteiger partial charge in [-0.15, -0.1) is 0 Å². The maximum absolute atomic E-state index is 8.47. The normalized spacial score (nSPS) is 13.5. The van der Waals surface area contributed by atoms with Gasteiger partial charge in [0.2, 0.25) is 0 Å². The van der Waals surface area contributed by atoms with Crippen molar-refractivity contribution in [1.29, 1.82) is 0 Å². The summed E-state index contributed by atoms with van der Waals surface area (Å²) < 4.78 is 0. The number of hydrogen-bond acceptors (Lipinski definition) is 1. The molecular formula is C10H16O. The molecule has 0 unspecified atom stereocenters. The zero-order chi connectivity index (χ0) is 8.53. The third-order valence-corrected chi connectivity index (χ3v) is 1.23. The van der Waals surface area contributed by atoms with Crippen molar-refractivity contribution in [3.8, 4) is 0 Å². The molecule has 0 spiro atoms. The number of rotatable bonds is 4. The molecule has 0 amide bonds. The van der Waals surface area contributed by atoms with E-state index in [2.05, 4.69) is 0 Å². The first kappa shape index (κ1) is 10.2. The van der Waals surface area contributed by atoms with Crippen LogP contribution in [-0.4, -0.2) is 11.7 Å². The lowest BCUT2D eigenvalue weighted by Gasteiger charge is -1.87. The van der Waals surface area contributed by atoms with Crippen LogP contribution in [0.5, 0.6) is 0 Å². The molecule has 0 atom stereocenters. The van der Waals surface area contributed by atoms with E-state index in [1.54, 1.807) is 0 Å². The Hall–Kier alpha value is -0.820. The van der Waals surface area contributed by atoms with Gasteiger partial charge in [0.1, 0.15) is 0 Å². The highest BCUT2D eigenvalue weighted by atomic mass is 16.2. The van der Waals surface area contributed by atoms with Gasteiger partial charge in [-0.1, -0.05) is 36.0 Å². The summed E-state index contributed by atoms with van der Waals surface area (Å²) in [6.07, 6.45) is 10.7. The first-order chi connectivity index (χ1) is 5.31. The Morgan fingerprint density at radius 2 is 2.18 bits per heavy atom. The lowest BCUT2D eigenvalue weighted by Crippen LogP contribution is -1.75. The van der Waals surface area contributed by atoms with Gasteiger partial charge in [-0.3, -0.25) is 0 Å². The fourth-order valence-corrected chi connectivity index (χ4v) is 0.647. The van der Waals surface area contributed by atoms with Crippen LogP contribution in [-0.2, 0) is 0 Å². The van der Waals surface area contributed by atoms with Crippen LogP contribution in [0, 0.1) is 0 Å². The van der Waals surface area contributed by atoms with Crippen molar-refractivity contribution >= 4 is 0 Å². The minimum atomic E-state index is 0.230. The summed E-state index contributed by atoms with van der Waals surface area (Å²) in [5, 5.41) is 8.47. The van der Waals surface area contributed by atoms with Crippen molar-refractivity contribution in [2.24, 2.45) is 0 Å². The van der Waals surface area contributed by atoms with E-state index in [1.165, 1.54) is 5.57 Å². The van der Waals surface area contributed by atoms with Crippen molar-refractivity contribution < 1.29 is 5.11 Å². The summed E-state index contributed by atoms with van der Waals surface area (Å²) in [5.74, 6) is 0. The second-order valence-corrected chi connectivity index (χ2v) is 2.35. The summed E-state index contributed by atoms with van der Waals surface area (Å²) in [6, 6.07) is 0. The van der Waals surface area contributed by atoms with Gasteiger partial charge in [-0.25, -0.2) is 0 Å². The summed E-state index contributed by atoms with van der Waals surface area (Å²) in [4.78, 5) is 0. The fourth-order valence-electron chi connectivity index (χ4n) is 0.647. The molecule has 1 heteroatoms. The molecule has 1 N–H and O–H groups in total. The molecule has 0 heterocycles. The fraction of sp³-hybridized carbons (Fsp3) is 0.400. The standard InChI is InChI=1S/C10H16O/c1-3-4-7-10(2)8-5-6-9-11/h3-5,7-8,11H,6,9H2,1-2H3/b4-3-,8-5+,10-7-. The van der Waals surface area contributed by atoms with Crippen LogP contribution < -0.4 is 0 Å². The smallest absolute Gasteiger partial charge is 0.0465 e. The molecule has 0 saturated carbocycles. The third kappa shape index (κ3) is 7.07. The van der Waals surface area contributed by atoms with Gasteiger partial charge in [0, 0.05) is 6.61 Å². The van der Waals surface area contributed by atoms with Crippen LogP contribution in [0.15, 0.2) is 36.0 Å². The van der Waals surface area contributed by atoms with Gasteiger partial charge in [-0.05, 0) is 20.3 Å². The van der Waals surface area contributed by atoms with Crippen molar-refractivity contribution in [1.82, 2.24) is 0 Å². The van der Waals surface area contributed by atoms with Crippen molar-refractivity contribution in [3.63, 3.8) is 0 Å². The van der Waals surface area contributed by atoms with E-state index in [1.807, 2.05) is 44.2 Å². The van der Waals surface area contributed by atoms with Gasteiger partial charge in [-0.2, -0.15) is 0 Å². The highest BCUT2D eigenvalue weighted by Crippen LogP contribution is 1.96. The summed E-state index contributed by atoms with van der Waals surface area (Å²) >= 11 is 0. The molecule has 1 nitrogen and oxygen atoms in total. The first-order valence-electron chi connectivity index (χ1n) is 3.88. The van der Waals surface area contributed by atoms with Crippen LogP contribution in [0.4, 0.5) is 0 Å². The van der Waals surface area contributed by atoms with Gasteiger partial charge in [0.15, 0.2) is 0 Å². The Bertz CT molecular complexity index is 164. The van der Waals surface area contributed by atoms with Gasteiger partial charge >= 0.3 is 0 Å². The Morgan fingerprint density at radius 1 is 1.45 bits per heavy atom. The second kappa shape index (κ2) is 7.29. The molecule has 0 aliphatic carbocycles. The quantitative estimate of drug-likeness (QED) is 0.613. The Balaban J connectivity index is 3.74. The van der Waals surface area contributed by atoms with E-state index in [-0.39, 0.29) is 6.61 Å². The Kier molecular flexibility index (Phi) is 6.75. The predicted octanol–water partition coefficient (Wildman–Crippen LogP) is 2.45. The van der Waals surface area contributed by atoms with E-state index < -0.39 is 0 Å². The predicted molar refractivity (Wildman–Crippen MR) is 49.4 cm³/mol. The van der Waals surface area contributed by atoms with E-state index in [0.717, 1.165) is 6.42 Å². The SMILES string of the molecule is C\C=C/C=C(C)\C=C\CCO. The zero-order valence-electron chi connectivity index (χ0n) is 7.25. The number of aliphatic hydroxyl groups is 1. The van der Waals surface area contributed by atoms with E-state index in [4.69, 9.17) is 5.11 Å². The van der Waals surface area contributed by atoms with Crippen LogP contribution in [0.2, 0.25) is 0 Å². The second-order valence-electron chi connectivity index (χ2n) is 2.35. The topological polar surface area (TPSA) is 20.2 Å². The highest BCUT2D eigenvalue weighted by molar-refractivity contribution is 5.21. The van der Waals surface area contributed by atoms with E-state index in [0.29, 0.717) is 0 Å². The summed E-state index contributed by atoms with van der Waals surface area (Å²) in [7, 11) is 0. The molecule has 0 aromatic carbocycles. The highest BCUT2D eigenvalue weighted by Gasteiger charge is 1.77. The molecule has 0 rings (SSSR count). The van der Waals surface area contributed by atoms with Crippen LogP contribution in [0.1, 0.15) is 20.3 Å². The largest absolute Gasteiger partial charge is 0.396 e. The van der Waals surface area contributed by atoms with Gasteiger partial charge < -0.3 is 5.11 Å². The monoisotopic (exact) mass is 152 g/mol. The van der Waals surface area contributed by atoms with Crippen molar-refractivity contribution in [2.45, 2.75) is 20.3 Å². The first-order valence-corrected chi connectivity index (χ1v) is 3.88. The maximum atomic E-state index is 8.47. The van der Waals surface area contributed by atoms with Crippen LogP contribution >= 0.6 is 0 Å². The molecule has 0 aliphatic heterocycles. The maximum Gasteiger partial charge on any atom is 0.0465 e. The van der Waals surface area contributed by atoms with Gasteiger partial charge in [0.05, 0.1) is 0 Å². The lowest BCUT2D eigenvalue weighted by molar-refractivity contribution is 0.302.